The molecule has 3 rings (SSSR count). The molecule has 0 bridgehead atoms. The Labute approximate surface area is 185 Å². The summed E-state index contributed by atoms with van der Waals surface area (Å²) in [6.45, 7) is 7.66. The van der Waals surface area contributed by atoms with Crippen molar-refractivity contribution in [1.82, 2.24) is 4.90 Å². The van der Waals surface area contributed by atoms with Gasteiger partial charge in [0, 0.05) is 12.6 Å². The number of hydrogen-bond acceptors (Lipinski definition) is 4. The fourth-order valence-electron chi connectivity index (χ4n) is 5.38. The van der Waals surface area contributed by atoms with E-state index in [-0.39, 0.29) is 0 Å². The van der Waals surface area contributed by atoms with E-state index >= 15 is 0 Å². The molecule has 1 N–H and O–H groups in total. The summed E-state index contributed by atoms with van der Waals surface area (Å²) in [5.41, 5.74) is -0.555. The molecule has 5 nitrogen and oxygen atoms in total. The minimum Gasteiger partial charge on any atom is -0.444 e. The third-order valence-corrected chi connectivity index (χ3v) is 6.89. The number of benzene rings is 1. The zero-order chi connectivity index (χ0) is 22.8. The van der Waals surface area contributed by atoms with Crippen molar-refractivity contribution in [3.63, 3.8) is 0 Å². The number of aliphatic hydroxyl groups excluding tert-OH is 1. The van der Waals surface area contributed by atoms with Gasteiger partial charge in [0.1, 0.15) is 11.4 Å². The van der Waals surface area contributed by atoms with Gasteiger partial charge < -0.3 is 14.6 Å². The van der Waals surface area contributed by atoms with Gasteiger partial charge in [-0.3, -0.25) is 4.90 Å². The minimum atomic E-state index is -0.964. The SMILES string of the molecule is COC1CCC(C[C@@]2(C)CC[C@H]([C@@H](O)c3cccc(F)c3)N2C(=O)OC(C)(C)C)CC1. The van der Waals surface area contributed by atoms with Gasteiger partial charge in [-0.2, -0.15) is 0 Å². The van der Waals surface area contributed by atoms with Gasteiger partial charge in [0.05, 0.1) is 18.2 Å². The number of rotatable bonds is 5. The van der Waals surface area contributed by atoms with Crippen LogP contribution in [0.4, 0.5) is 9.18 Å². The number of aliphatic hydroxyl groups is 1. The standard InChI is InChI=1S/C25H38FNO4/c1-24(2,3)31-23(29)27-21(22(28)18-7-6-8-19(26)15-18)13-14-25(27,4)16-17-9-11-20(30-5)12-10-17/h6-8,15,17,20-22,28H,9-14,16H2,1-5H3/t17?,20?,21-,22+,25-/m1/s1. The molecule has 6 heteroatoms. The van der Waals surface area contributed by atoms with Gasteiger partial charge in [-0.25, -0.2) is 9.18 Å². The van der Waals surface area contributed by atoms with Crippen molar-refractivity contribution in [3.8, 4) is 0 Å². The van der Waals surface area contributed by atoms with Gasteiger partial charge in [-0.05, 0) is 96.3 Å². The quantitative estimate of drug-likeness (QED) is 0.653. The van der Waals surface area contributed by atoms with Crippen LogP contribution in [0.15, 0.2) is 24.3 Å². The first-order valence-electron chi connectivity index (χ1n) is 11.5. The molecule has 0 spiro atoms. The average Bonchev–Trinajstić information content (AvgIpc) is 3.03. The first-order valence-corrected chi connectivity index (χ1v) is 11.5. The molecule has 1 aliphatic heterocycles. The molecular formula is C25H38FNO4. The van der Waals surface area contributed by atoms with Crippen LogP contribution in [0.2, 0.25) is 0 Å². The predicted molar refractivity (Wildman–Crippen MR) is 118 cm³/mol. The molecule has 1 saturated heterocycles. The molecule has 1 aromatic carbocycles. The van der Waals surface area contributed by atoms with Gasteiger partial charge in [0.2, 0.25) is 0 Å². The molecule has 1 aromatic rings. The Hall–Kier alpha value is -1.66. The number of ether oxygens (including phenoxy) is 2. The third-order valence-electron chi connectivity index (χ3n) is 6.89. The summed E-state index contributed by atoms with van der Waals surface area (Å²) in [5, 5.41) is 11.1. The van der Waals surface area contributed by atoms with Crippen molar-refractivity contribution >= 4 is 6.09 Å². The van der Waals surface area contributed by atoms with Crippen LogP contribution in [-0.2, 0) is 9.47 Å². The van der Waals surface area contributed by atoms with Gasteiger partial charge in [0.25, 0.3) is 0 Å². The first kappa shape index (κ1) is 24.0. The summed E-state index contributed by atoms with van der Waals surface area (Å²) in [6, 6.07) is 5.56. The molecule has 1 heterocycles. The van der Waals surface area contributed by atoms with Crippen LogP contribution in [0.25, 0.3) is 0 Å². The average molecular weight is 436 g/mol. The lowest BCUT2D eigenvalue weighted by Crippen LogP contribution is -2.53. The summed E-state index contributed by atoms with van der Waals surface area (Å²) in [7, 11) is 1.77. The summed E-state index contributed by atoms with van der Waals surface area (Å²) < 4.78 is 25.1. The van der Waals surface area contributed by atoms with E-state index in [0.717, 1.165) is 38.5 Å². The fraction of sp³-hybridized carbons (Fsp3) is 0.720. The highest BCUT2D eigenvalue weighted by molar-refractivity contribution is 5.70. The van der Waals surface area contributed by atoms with E-state index in [1.54, 1.807) is 24.1 Å². The van der Waals surface area contributed by atoms with Gasteiger partial charge >= 0.3 is 6.09 Å². The Bertz CT molecular complexity index is 756. The smallest absolute Gasteiger partial charge is 0.411 e. The van der Waals surface area contributed by atoms with Crippen molar-refractivity contribution in [3.05, 3.63) is 35.6 Å². The molecule has 2 fully saturated rings. The highest BCUT2D eigenvalue weighted by atomic mass is 19.1. The third kappa shape index (κ3) is 5.78. The number of amides is 1. The molecule has 1 aliphatic carbocycles. The molecule has 0 aromatic heterocycles. The normalized spacial score (nSPS) is 30.3. The highest BCUT2D eigenvalue weighted by Gasteiger charge is 2.50. The van der Waals surface area contributed by atoms with Crippen LogP contribution >= 0.6 is 0 Å². The van der Waals surface area contributed by atoms with Crippen molar-refractivity contribution in [2.75, 3.05) is 7.11 Å². The molecular weight excluding hydrogens is 397 g/mol. The van der Waals surface area contributed by atoms with Gasteiger partial charge in [0.15, 0.2) is 0 Å². The van der Waals surface area contributed by atoms with Crippen LogP contribution in [0.5, 0.6) is 0 Å². The van der Waals surface area contributed by atoms with Crippen molar-refractivity contribution in [2.24, 2.45) is 5.92 Å². The zero-order valence-electron chi connectivity index (χ0n) is 19.6. The second kappa shape index (κ2) is 9.45. The molecule has 1 amide bonds. The van der Waals surface area contributed by atoms with Crippen LogP contribution in [0.1, 0.15) is 84.3 Å². The van der Waals surface area contributed by atoms with Crippen molar-refractivity contribution in [2.45, 2.75) is 102 Å². The van der Waals surface area contributed by atoms with E-state index in [4.69, 9.17) is 9.47 Å². The Morgan fingerprint density at radius 2 is 1.94 bits per heavy atom. The number of methoxy groups -OCH3 is 1. The number of hydrogen-bond donors (Lipinski definition) is 1. The fourth-order valence-corrected chi connectivity index (χ4v) is 5.38. The van der Waals surface area contributed by atoms with Crippen molar-refractivity contribution in [1.29, 1.82) is 0 Å². The van der Waals surface area contributed by atoms with Crippen molar-refractivity contribution < 1.29 is 23.8 Å². The van der Waals surface area contributed by atoms with Crippen LogP contribution in [-0.4, -0.2) is 46.5 Å². The first-order chi connectivity index (χ1) is 14.5. The maximum Gasteiger partial charge on any atom is 0.411 e. The Balaban J connectivity index is 1.83. The number of likely N-dealkylation sites (tertiary alicyclic amines) is 1. The Kier molecular flexibility index (Phi) is 7.32. The van der Waals surface area contributed by atoms with Gasteiger partial charge in [-0.1, -0.05) is 12.1 Å². The number of nitrogens with zero attached hydrogens (tertiary/aromatic N) is 1. The number of halogens is 1. The molecule has 31 heavy (non-hydrogen) atoms. The number of carbonyl (C=O) groups is 1. The molecule has 0 radical (unpaired) electrons. The van der Waals surface area contributed by atoms with E-state index in [1.165, 1.54) is 12.1 Å². The van der Waals surface area contributed by atoms with Gasteiger partial charge in [-0.15, -0.1) is 0 Å². The Morgan fingerprint density at radius 1 is 1.26 bits per heavy atom. The van der Waals surface area contributed by atoms with E-state index in [0.29, 0.717) is 24.0 Å². The van der Waals surface area contributed by atoms with E-state index in [9.17, 15) is 14.3 Å². The minimum absolute atomic E-state index is 0.331. The molecule has 174 valence electrons. The predicted octanol–water partition coefficient (Wildman–Crippen LogP) is 5.61. The summed E-state index contributed by atoms with van der Waals surface area (Å²) in [4.78, 5) is 15.1. The van der Waals surface area contributed by atoms with E-state index in [1.807, 2.05) is 20.8 Å². The van der Waals surface area contributed by atoms with E-state index < -0.39 is 35.2 Å². The maximum absolute atomic E-state index is 13.8. The topological polar surface area (TPSA) is 59.0 Å². The lowest BCUT2D eigenvalue weighted by Gasteiger charge is -2.43. The molecule has 0 unspecified atom stereocenters. The molecule has 1 saturated carbocycles. The molecule has 3 atom stereocenters. The maximum atomic E-state index is 13.8. The van der Waals surface area contributed by atoms with Crippen LogP contribution < -0.4 is 0 Å². The zero-order valence-corrected chi connectivity index (χ0v) is 19.6. The molecule has 2 aliphatic rings. The highest BCUT2D eigenvalue weighted by Crippen LogP contribution is 2.45. The Morgan fingerprint density at radius 3 is 2.52 bits per heavy atom. The summed E-state index contributed by atoms with van der Waals surface area (Å²) >= 11 is 0. The largest absolute Gasteiger partial charge is 0.444 e. The second-order valence-electron chi connectivity index (χ2n) is 10.5. The second-order valence-corrected chi connectivity index (χ2v) is 10.5. The van der Waals surface area contributed by atoms with Crippen LogP contribution in [0.3, 0.4) is 0 Å². The summed E-state index contributed by atoms with van der Waals surface area (Å²) in [6.07, 6.45) is 5.51. The lowest BCUT2D eigenvalue weighted by atomic mass is 9.78. The van der Waals surface area contributed by atoms with Crippen LogP contribution in [0, 0.1) is 11.7 Å². The number of carbonyl (C=O) groups excluding carboxylic acids is 1. The van der Waals surface area contributed by atoms with E-state index in [2.05, 4.69) is 6.92 Å². The lowest BCUT2D eigenvalue weighted by molar-refractivity contribution is -0.0274. The summed E-state index contributed by atoms with van der Waals surface area (Å²) in [5.74, 6) is 0.113. The monoisotopic (exact) mass is 435 g/mol.